The van der Waals surface area contributed by atoms with E-state index in [1.165, 1.54) is 93.3 Å². The molecular weight excluding hydrogens is 687 g/mol. The molecule has 2 aliphatic carbocycles. The highest BCUT2D eigenvalue weighted by molar-refractivity contribution is 6.17. The molecule has 0 N–H and O–H groups in total. The van der Waals surface area contributed by atoms with Crippen LogP contribution in [0.4, 0.5) is 17.1 Å². The van der Waals surface area contributed by atoms with Crippen LogP contribution in [-0.4, -0.2) is 0 Å². The summed E-state index contributed by atoms with van der Waals surface area (Å²) in [5.41, 5.74) is 14.1. The molecule has 9 aromatic rings. The van der Waals surface area contributed by atoms with E-state index in [0.717, 1.165) is 17.8 Å². The Morgan fingerprint density at radius 3 is 1.72 bits per heavy atom. The smallest absolute Gasteiger partial charge is 0.0467 e. The predicted octanol–water partition coefficient (Wildman–Crippen LogP) is 15.7. The lowest BCUT2D eigenvalue weighted by atomic mass is 9.79. The Balaban J connectivity index is 1.01. The zero-order valence-corrected chi connectivity index (χ0v) is 32.6. The minimum Gasteiger partial charge on any atom is -0.310 e. The Bertz CT molecular complexity index is 3120. The summed E-state index contributed by atoms with van der Waals surface area (Å²) < 4.78 is 0. The van der Waals surface area contributed by atoms with Crippen LogP contribution in [0.15, 0.2) is 194 Å². The molecule has 0 fully saturated rings. The normalized spacial score (nSPS) is 15.7. The minimum atomic E-state index is -0.00784. The van der Waals surface area contributed by atoms with Crippen molar-refractivity contribution < 1.29 is 0 Å². The second kappa shape index (κ2) is 12.9. The van der Waals surface area contributed by atoms with Crippen LogP contribution in [0.5, 0.6) is 0 Å². The van der Waals surface area contributed by atoms with E-state index in [-0.39, 0.29) is 5.41 Å². The van der Waals surface area contributed by atoms with Crippen LogP contribution in [0.2, 0.25) is 0 Å². The van der Waals surface area contributed by atoms with Gasteiger partial charge in [-0.1, -0.05) is 160 Å². The van der Waals surface area contributed by atoms with E-state index in [4.69, 9.17) is 0 Å². The molecule has 0 saturated carbocycles. The summed E-state index contributed by atoms with van der Waals surface area (Å²) in [5, 5.41) is 10.2. The third kappa shape index (κ3) is 5.52. The van der Waals surface area contributed by atoms with E-state index in [0.29, 0.717) is 5.92 Å². The summed E-state index contributed by atoms with van der Waals surface area (Å²) >= 11 is 0. The quantitative estimate of drug-likeness (QED) is 0.159. The topological polar surface area (TPSA) is 3.24 Å². The first kappa shape index (κ1) is 33.6. The van der Waals surface area contributed by atoms with Gasteiger partial charge in [-0.15, -0.1) is 0 Å². The van der Waals surface area contributed by atoms with Crippen LogP contribution < -0.4 is 4.90 Å². The van der Waals surface area contributed by atoms with Gasteiger partial charge in [0.05, 0.1) is 0 Å². The highest BCUT2D eigenvalue weighted by Crippen LogP contribution is 2.52. The monoisotopic (exact) mass is 729 g/mol. The van der Waals surface area contributed by atoms with Gasteiger partial charge in [-0.3, -0.25) is 0 Å². The lowest BCUT2D eigenvalue weighted by Crippen LogP contribution is -2.17. The molecule has 0 spiro atoms. The fraction of sp³-hybridized carbons (Fsp3) is 0.107. The summed E-state index contributed by atoms with van der Waals surface area (Å²) in [6.45, 7) is 7.10. The van der Waals surface area contributed by atoms with Crippen LogP contribution in [0, 0.1) is 5.92 Å². The summed E-state index contributed by atoms with van der Waals surface area (Å²) in [4.78, 5) is 2.43. The molecule has 0 aliphatic heterocycles. The van der Waals surface area contributed by atoms with Gasteiger partial charge in [0, 0.05) is 22.5 Å². The number of benzene rings is 9. The van der Waals surface area contributed by atoms with Crippen molar-refractivity contribution in [3.05, 3.63) is 205 Å². The van der Waals surface area contributed by atoms with Crippen molar-refractivity contribution >= 4 is 65.7 Å². The molecule has 0 heterocycles. The van der Waals surface area contributed by atoms with Gasteiger partial charge in [0.15, 0.2) is 0 Å². The average Bonchev–Trinajstić information content (AvgIpc) is 3.48. The molecule has 11 rings (SSSR count). The van der Waals surface area contributed by atoms with Crippen LogP contribution in [-0.2, 0) is 5.41 Å². The summed E-state index contributed by atoms with van der Waals surface area (Å²) in [5.74, 6) is 0.535. The Hall–Kier alpha value is -6.70. The Labute approximate surface area is 334 Å². The second-order valence-corrected chi connectivity index (χ2v) is 16.7. The summed E-state index contributed by atoms with van der Waals surface area (Å²) in [6, 6.07) is 65.5. The van der Waals surface area contributed by atoms with Gasteiger partial charge in [-0.25, -0.2) is 0 Å². The highest BCUT2D eigenvalue weighted by atomic mass is 15.1. The summed E-state index contributed by atoms with van der Waals surface area (Å²) in [6.07, 6.45) is 5.86. The van der Waals surface area contributed by atoms with Crippen LogP contribution in [0.1, 0.15) is 38.3 Å². The number of fused-ring (bicyclic) bond motifs is 8. The van der Waals surface area contributed by atoms with E-state index >= 15 is 0 Å². The molecule has 1 atom stereocenters. The second-order valence-electron chi connectivity index (χ2n) is 16.7. The molecule has 57 heavy (non-hydrogen) atoms. The van der Waals surface area contributed by atoms with E-state index in [1.54, 1.807) is 0 Å². The van der Waals surface area contributed by atoms with E-state index in [9.17, 15) is 0 Å². The van der Waals surface area contributed by atoms with Crippen molar-refractivity contribution in [1.82, 2.24) is 0 Å². The number of anilines is 3. The van der Waals surface area contributed by atoms with Gasteiger partial charge in [-0.2, -0.15) is 0 Å². The number of nitrogens with zero attached hydrogens (tertiary/aromatic N) is 1. The van der Waals surface area contributed by atoms with Crippen molar-refractivity contribution in [2.24, 2.45) is 5.92 Å². The lowest BCUT2D eigenvalue weighted by Gasteiger charge is -2.28. The first-order valence-electron chi connectivity index (χ1n) is 20.3. The lowest BCUT2D eigenvalue weighted by molar-refractivity contribution is 0.643. The molecule has 9 aromatic carbocycles. The molecule has 0 bridgehead atoms. The van der Waals surface area contributed by atoms with Gasteiger partial charge in [0.2, 0.25) is 0 Å². The molecule has 0 radical (unpaired) electrons. The molecule has 0 amide bonds. The van der Waals surface area contributed by atoms with Crippen molar-refractivity contribution in [3.8, 4) is 22.3 Å². The van der Waals surface area contributed by atoms with Crippen molar-refractivity contribution in [3.63, 3.8) is 0 Å². The van der Waals surface area contributed by atoms with Crippen molar-refractivity contribution in [1.29, 1.82) is 0 Å². The molecule has 1 unspecified atom stereocenters. The Morgan fingerprint density at radius 1 is 0.456 bits per heavy atom. The number of rotatable bonds is 5. The van der Waals surface area contributed by atoms with Gasteiger partial charge in [-0.05, 0) is 148 Å². The zero-order chi connectivity index (χ0) is 38.3. The van der Waals surface area contributed by atoms with Crippen molar-refractivity contribution in [2.75, 3.05) is 4.90 Å². The van der Waals surface area contributed by atoms with Gasteiger partial charge in [0.25, 0.3) is 0 Å². The fourth-order valence-corrected chi connectivity index (χ4v) is 9.73. The standard InChI is InChI=1S/C56H43N/c1-36-12-30-54-52(32-36)53-35-47(27-31-55(53)56(54,2)3)57(45-23-17-38(18-24-45)43-15-13-37-8-4-5-10-42(37)33-43)46-25-19-39(20-26-46)44-16-14-41-22-28-49-48-11-7-6-9-40(48)21-29-50(49)51(41)34-44/h4-31,33-36H,32H2,1-3H3. The molecule has 0 aromatic heterocycles. The largest absolute Gasteiger partial charge is 0.310 e. The zero-order valence-electron chi connectivity index (χ0n) is 32.6. The number of hydrogen-bond donors (Lipinski definition) is 0. The fourth-order valence-electron chi connectivity index (χ4n) is 9.73. The maximum atomic E-state index is 2.45. The minimum absolute atomic E-state index is 0.00784. The predicted molar refractivity (Wildman–Crippen MR) is 245 cm³/mol. The molecule has 1 nitrogen and oxygen atoms in total. The first-order valence-corrected chi connectivity index (χ1v) is 20.3. The van der Waals surface area contributed by atoms with Crippen LogP contribution >= 0.6 is 0 Å². The third-order valence-electron chi connectivity index (χ3n) is 12.8. The van der Waals surface area contributed by atoms with Crippen LogP contribution in [0.3, 0.4) is 0 Å². The van der Waals surface area contributed by atoms with Crippen molar-refractivity contribution in [2.45, 2.75) is 32.6 Å². The molecule has 2 aliphatic rings. The first-order chi connectivity index (χ1) is 27.9. The van der Waals surface area contributed by atoms with Gasteiger partial charge < -0.3 is 4.90 Å². The number of allylic oxidation sites excluding steroid dienone is 4. The summed E-state index contributed by atoms with van der Waals surface area (Å²) in [7, 11) is 0. The Morgan fingerprint density at radius 2 is 1.00 bits per heavy atom. The maximum absolute atomic E-state index is 2.45. The van der Waals surface area contributed by atoms with Gasteiger partial charge >= 0.3 is 0 Å². The van der Waals surface area contributed by atoms with E-state index in [2.05, 4.69) is 214 Å². The van der Waals surface area contributed by atoms with E-state index in [1.807, 2.05) is 0 Å². The van der Waals surface area contributed by atoms with E-state index < -0.39 is 0 Å². The average molecular weight is 730 g/mol. The third-order valence-corrected chi connectivity index (χ3v) is 12.8. The highest BCUT2D eigenvalue weighted by Gasteiger charge is 2.38. The van der Waals surface area contributed by atoms with Gasteiger partial charge in [0.1, 0.15) is 0 Å². The number of hydrogen-bond acceptors (Lipinski definition) is 1. The molecule has 0 saturated heterocycles. The SMILES string of the molecule is CC1C=CC2=C(C1)c1cc(N(c3ccc(-c4ccc5ccccc5c4)cc3)c3ccc(-c4ccc5ccc6c7ccccc7ccc6c5c4)cc3)ccc1C2(C)C. The Kier molecular flexibility index (Phi) is 7.63. The maximum Gasteiger partial charge on any atom is 0.0467 e. The molecule has 1 heteroatoms. The molecule has 272 valence electrons. The molecular formula is C56H43N. The van der Waals surface area contributed by atoms with Crippen LogP contribution in [0.25, 0.3) is 70.9 Å².